The molecule has 1 aliphatic heterocycles. The maximum atomic E-state index is 13.4. The molecule has 1 aliphatic rings. The minimum absolute atomic E-state index is 0.0549. The molecule has 0 radical (unpaired) electrons. The number of hydrogen-bond donors (Lipinski definition) is 2. The number of hydrogen-bond acceptors (Lipinski definition) is 7. The van der Waals surface area contributed by atoms with Gasteiger partial charge in [0, 0.05) is 30.4 Å². The maximum absolute atomic E-state index is 13.4. The number of amides is 1. The average molecular weight is 452 g/mol. The number of fused-ring (bicyclic) bond motifs is 1. The van der Waals surface area contributed by atoms with Gasteiger partial charge in [0.15, 0.2) is 0 Å². The molecular weight excluding hydrogens is 430 g/mol. The number of primary amides is 1. The summed E-state index contributed by atoms with van der Waals surface area (Å²) in [5.74, 6) is -0.711. The molecule has 3 aromatic rings. The van der Waals surface area contributed by atoms with Crippen molar-refractivity contribution in [3.8, 4) is 6.07 Å². The molecule has 164 valence electrons. The lowest BCUT2D eigenvalue weighted by Gasteiger charge is -2.26. The molecule has 0 spiro atoms. The summed E-state index contributed by atoms with van der Waals surface area (Å²) in [5, 5.41) is 12.8. The summed E-state index contributed by atoms with van der Waals surface area (Å²) >= 11 is 0. The van der Waals surface area contributed by atoms with Crippen molar-refractivity contribution in [2.45, 2.75) is 11.8 Å². The minimum Gasteiger partial charge on any atom is -0.379 e. The van der Waals surface area contributed by atoms with Gasteiger partial charge in [-0.1, -0.05) is 6.07 Å². The van der Waals surface area contributed by atoms with E-state index in [0.717, 1.165) is 0 Å². The maximum Gasteiger partial charge on any atom is 0.252 e. The van der Waals surface area contributed by atoms with Crippen LogP contribution in [0.2, 0.25) is 0 Å². The first kappa shape index (κ1) is 21.7. The Morgan fingerprint density at radius 3 is 2.69 bits per heavy atom. The molecule has 0 aliphatic carbocycles. The molecule has 0 unspecified atom stereocenters. The molecule has 9 nitrogen and oxygen atoms in total. The summed E-state index contributed by atoms with van der Waals surface area (Å²) in [4.78, 5) is 16.5. The number of aromatic nitrogens is 1. The van der Waals surface area contributed by atoms with Gasteiger partial charge in [-0.25, -0.2) is 8.42 Å². The molecule has 1 amide bonds. The second kappa shape index (κ2) is 8.55. The quantitative estimate of drug-likeness (QED) is 0.607. The summed E-state index contributed by atoms with van der Waals surface area (Å²) in [6.07, 6.45) is 1.27. The van der Waals surface area contributed by atoms with E-state index < -0.39 is 15.9 Å². The highest BCUT2D eigenvalue weighted by Crippen LogP contribution is 2.34. The third kappa shape index (κ3) is 4.01. The number of morpholine rings is 1. The fourth-order valence-electron chi connectivity index (χ4n) is 3.66. The molecule has 4 rings (SSSR count). The molecule has 1 saturated heterocycles. The normalized spacial score (nSPS) is 14.8. The summed E-state index contributed by atoms with van der Waals surface area (Å²) in [5.41, 5.74) is 7.92. The highest BCUT2D eigenvalue weighted by atomic mass is 32.2. The lowest BCUT2D eigenvalue weighted by molar-refractivity contribution is 0.0730. The number of nitrogens with zero attached hydrogens (tertiary/aromatic N) is 3. The number of nitrogens with one attached hydrogen (secondary N) is 1. The first-order valence-corrected chi connectivity index (χ1v) is 11.3. The number of ether oxygens (including phenoxy) is 1. The van der Waals surface area contributed by atoms with Crippen LogP contribution in [-0.4, -0.2) is 49.9 Å². The smallest absolute Gasteiger partial charge is 0.252 e. The van der Waals surface area contributed by atoms with Gasteiger partial charge in [-0.2, -0.15) is 9.57 Å². The fraction of sp³-hybridized carbons (Fsp3) is 0.227. The minimum atomic E-state index is -3.84. The fourth-order valence-corrected chi connectivity index (χ4v) is 5.31. The van der Waals surface area contributed by atoms with Crippen molar-refractivity contribution in [3.05, 3.63) is 59.3 Å². The molecule has 0 atom stereocenters. The van der Waals surface area contributed by atoms with Crippen LogP contribution in [0.15, 0.2) is 47.5 Å². The number of rotatable bonds is 5. The SMILES string of the molecule is Cc1cc(S(=O)(=O)N2CCOCC2)c2ncc(C(N)=O)c(Nc3cccc(C#N)c3)c2c1. The van der Waals surface area contributed by atoms with Crippen molar-refractivity contribution in [2.24, 2.45) is 5.73 Å². The monoisotopic (exact) mass is 451 g/mol. The van der Waals surface area contributed by atoms with Gasteiger partial charge < -0.3 is 15.8 Å². The first-order chi connectivity index (χ1) is 15.3. The van der Waals surface area contributed by atoms with Gasteiger partial charge in [0.1, 0.15) is 4.90 Å². The van der Waals surface area contributed by atoms with Crippen LogP contribution in [0.4, 0.5) is 11.4 Å². The molecule has 3 N–H and O–H groups in total. The number of pyridine rings is 1. The van der Waals surface area contributed by atoms with Gasteiger partial charge in [0.2, 0.25) is 10.0 Å². The zero-order valence-electron chi connectivity index (χ0n) is 17.3. The molecule has 1 fully saturated rings. The Bertz CT molecular complexity index is 1360. The van der Waals surface area contributed by atoms with Crippen LogP contribution >= 0.6 is 0 Å². The number of anilines is 2. The van der Waals surface area contributed by atoms with Gasteiger partial charge in [-0.3, -0.25) is 9.78 Å². The number of nitriles is 1. The van der Waals surface area contributed by atoms with E-state index in [0.29, 0.717) is 41.1 Å². The Labute approximate surface area is 185 Å². The van der Waals surface area contributed by atoms with Crippen LogP contribution in [0.5, 0.6) is 0 Å². The number of aryl methyl sites for hydroxylation is 1. The number of benzene rings is 2. The van der Waals surface area contributed by atoms with E-state index in [1.54, 1.807) is 43.3 Å². The second-order valence-corrected chi connectivity index (χ2v) is 9.31. The van der Waals surface area contributed by atoms with Crippen LogP contribution in [0.25, 0.3) is 10.9 Å². The van der Waals surface area contributed by atoms with Crippen LogP contribution in [0.1, 0.15) is 21.5 Å². The molecule has 32 heavy (non-hydrogen) atoms. The molecule has 10 heteroatoms. The van der Waals surface area contributed by atoms with Crippen LogP contribution in [0.3, 0.4) is 0 Å². The third-order valence-corrected chi connectivity index (χ3v) is 7.11. The largest absolute Gasteiger partial charge is 0.379 e. The highest BCUT2D eigenvalue weighted by Gasteiger charge is 2.30. The highest BCUT2D eigenvalue weighted by molar-refractivity contribution is 7.89. The first-order valence-electron chi connectivity index (χ1n) is 9.89. The van der Waals surface area contributed by atoms with Crippen molar-refractivity contribution in [1.82, 2.24) is 9.29 Å². The summed E-state index contributed by atoms with van der Waals surface area (Å²) in [6.45, 7) is 2.93. The standard InChI is InChI=1S/C22H21N5O4S/c1-14-9-17-20(26-16-4-2-3-15(11-16)12-23)18(22(24)28)13-25-21(17)19(10-14)32(29,30)27-5-7-31-8-6-27/h2-4,9-11,13H,5-8H2,1H3,(H2,24,28)(H,25,26). The second-order valence-electron chi connectivity index (χ2n) is 7.40. The van der Waals surface area contributed by atoms with Crippen molar-refractivity contribution < 1.29 is 17.9 Å². The van der Waals surface area contributed by atoms with E-state index in [4.69, 9.17) is 10.5 Å². The van der Waals surface area contributed by atoms with Gasteiger partial charge in [-0.05, 0) is 42.8 Å². The van der Waals surface area contributed by atoms with Crippen molar-refractivity contribution >= 4 is 38.2 Å². The molecule has 0 saturated carbocycles. The lowest BCUT2D eigenvalue weighted by Crippen LogP contribution is -2.40. The predicted octanol–water partition coefficient (Wildman–Crippen LogP) is 2.28. The zero-order valence-corrected chi connectivity index (χ0v) is 18.1. The number of carbonyl (C=O) groups is 1. The van der Waals surface area contributed by atoms with E-state index in [2.05, 4.69) is 16.4 Å². The molecular formula is C22H21N5O4S. The number of carbonyl (C=O) groups excluding carboxylic acids is 1. The third-order valence-electron chi connectivity index (χ3n) is 5.20. The van der Waals surface area contributed by atoms with Gasteiger partial charge in [0.05, 0.1) is 41.6 Å². The Hall–Kier alpha value is -3.52. The molecule has 0 bridgehead atoms. The van der Waals surface area contributed by atoms with Crippen molar-refractivity contribution in [3.63, 3.8) is 0 Å². The lowest BCUT2D eigenvalue weighted by atomic mass is 10.1. The van der Waals surface area contributed by atoms with Crippen molar-refractivity contribution in [1.29, 1.82) is 5.26 Å². The molecule has 2 aromatic carbocycles. The average Bonchev–Trinajstić information content (AvgIpc) is 2.79. The Balaban J connectivity index is 1.94. The topological polar surface area (TPSA) is 138 Å². The van der Waals surface area contributed by atoms with Gasteiger partial charge >= 0.3 is 0 Å². The van der Waals surface area contributed by atoms with Gasteiger partial charge in [0.25, 0.3) is 5.91 Å². The Morgan fingerprint density at radius 1 is 1.25 bits per heavy atom. The van der Waals surface area contributed by atoms with E-state index in [9.17, 15) is 18.5 Å². The molecule has 2 heterocycles. The van der Waals surface area contributed by atoms with Gasteiger partial charge in [-0.15, -0.1) is 0 Å². The van der Waals surface area contributed by atoms with E-state index in [1.807, 2.05) is 0 Å². The summed E-state index contributed by atoms with van der Waals surface area (Å²) in [7, 11) is -3.84. The van der Waals surface area contributed by atoms with E-state index in [-0.39, 0.29) is 29.1 Å². The number of sulfonamides is 1. The zero-order chi connectivity index (χ0) is 22.9. The Kier molecular flexibility index (Phi) is 5.80. The Morgan fingerprint density at radius 2 is 2.00 bits per heavy atom. The van der Waals surface area contributed by atoms with Crippen molar-refractivity contribution in [2.75, 3.05) is 31.6 Å². The summed E-state index contributed by atoms with van der Waals surface area (Å²) < 4.78 is 33.5. The number of nitrogens with two attached hydrogens (primary N) is 1. The predicted molar refractivity (Wildman–Crippen MR) is 119 cm³/mol. The summed E-state index contributed by atoms with van der Waals surface area (Å²) in [6, 6.07) is 12.1. The van der Waals surface area contributed by atoms with Crippen LogP contribution in [0, 0.1) is 18.3 Å². The van der Waals surface area contributed by atoms with Crippen LogP contribution in [-0.2, 0) is 14.8 Å². The van der Waals surface area contributed by atoms with E-state index >= 15 is 0 Å². The van der Waals surface area contributed by atoms with Crippen LogP contribution < -0.4 is 11.1 Å². The molecule has 1 aromatic heterocycles. The van der Waals surface area contributed by atoms with E-state index in [1.165, 1.54) is 10.5 Å².